The van der Waals surface area contributed by atoms with Crippen LogP contribution in [-0.4, -0.2) is 54.2 Å². The van der Waals surface area contributed by atoms with Crippen molar-refractivity contribution in [2.24, 2.45) is 11.8 Å². The molecule has 0 N–H and O–H groups in total. The third-order valence-electron chi connectivity index (χ3n) is 5.51. The smallest absolute Gasteiger partial charge is 0.117 e. The Morgan fingerprint density at radius 1 is 1.32 bits per heavy atom. The van der Waals surface area contributed by atoms with Crippen LogP contribution in [0, 0.1) is 11.8 Å². The highest BCUT2D eigenvalue weighted by Crippen LogP contribution is 2.35. The number of likely N-dealkylation sites (tertiary alicyclic amines) is 1. The first-order valence-electron chi connectivity index (χ1n) is 9.22. The zero-order valence-corrected chi connectivity index (χ0v) is 14.9. The number of hydrogen-bond acceptors (Lipinski definition) is 5. The molecule has 4 heterocycles. The standard InChI is InChI=1S/C20H27N3O2/c1-22(11-16-4-2-7-21-10-16)14-20-19-6-8-23(12-17(19)15-25-20)13-18-5-3-9-24-18/h2-5,7,9-10,17,19-20H,6,8,11-15H2,1H3/t17-,19-,20+/m1/s1. The quantitative estimate of drug-likeness (QED) is 0.808. The predicted molar refractivity (Wildman–Crippen MR) is 95.9 cm³/mol. The average molecular weight is 341 g/mol. The van der Waals surface area contributed by atoms with Gasteiger partial charge in [0.15, 0.2) is 0 Å². The van der Waals surface area contributed by atoms with Crippen molar-refractivity contribution in [2.45, 2.75) is 25.6 Å². The van der Waals surface area contributed by atoms with Crippen molar-refractivity contribution >= 4 is 0 Å². The van der Waals surface area contributed by atoms with E-state index in [1.54, 1.807) is 6.26 Å². The summed E-state index contributed by atoms with van der Waals surface area (Å²) >= 11 is 0. The summed E-state index contributed by atoms with van der Waals surface area (Å²) in [6, 6.07) is 8.16. The number of aromatic nitrogens is 1. The summed E-state index contributed by atoms with van der Waals surface area (Å²) in [6.07, 6.45) is 7.11. The van der Waals surface area contributed by atoms with E-state index in [2.05, 4.69) is 34.0 Å². The molecule has 0 aliphatic carbocycles. The van der Waals surface area contributed by atoms with E-state index in [4.69, 9.17) is 9.15 Å². The maximum atomic E-state index is 6.18. The van der Waals surface area contributed by atoms with Gasteiger partial charge in [-0.3, -0.25) is 14.8 Å². The summed E-state index contributed by atoms with van der Waals surface area (Å²) in [5.41, 5.74) is 1.26. The van der Waals surface area contributed by atoms with Crippen molar-refractivity contribution in [1.29, 1.82) is 0 Å². The fraction of sp³-hybridized carbons (Fsp3) is 0.550. The molecule has 134 valence electrons. The number of piperidine rings is 1. The molecular formula is C20H27N3O2. The molecule has 0 bridgehead atoms. The van der Waals surface area contributed by atoms with Crippen molar-refractivity contribution in [3.05, 3.63) is 54.2 Å². The maximum Gasteiger partial charge on any atom is 0.117 e. The molecule has 0 radical (unpaired) electrons. The number of fused-ring (bicyclic) bond motifs is 1. The molecule has 0 saturated carbocycles. The van der Waals surface area contributed by atoms with Crippen molar-refractivity contribution in [3.63, 3.8) is 0 Å². The highest BCUT2D eigenvalue weighted by molar-refractivity contribution is 5.08. The van der Waals surface area contributed by atoms with Gasteiger partial charge >= 0.3 is 0 Å². The lowest BCUT2D eigenvalue weighted by molar-refractivity contribution is 0.0544. The molecule has 2 aliphatic rings. The van der Waals surface area contributed by atoms with Gasteiger partial charge in [0, 0.05) is 37.9 Å². The molecule has 0 spiro atoms. The van der Waals surface area contributed by atoms with Crippen LogP contribution in [0.25, 0.3) is 0 Å². The topological polar surface area (TPSA) is 41.7 Å². The van der Waals surface area contributed by atoms with E-state index in [0.29, 0.717) is 17.9 Å². The Balaban J connectivity index is 1.28. The lowest BCUT2D eigenvalue weighted by Crippen LogP contribution is -2.43. The summed E-state index contributed by atoms with van der Waals surface area (Å²) < 4.78 is 11.7. The molecule has 0 amide bonds. The Hall–Kier alpha value is -1.69. The lowest BCUT2D eigenvalue weighted by Gasteiger charge is -2.36. The fourth-order valence-electron chi connectivity index (χ4n) is 4.29. The molecule has 2 saturated heterocycles. The van der Waals surface area contributed by atoms with Gasteiger partial charge in [-0.15, -0.1) is 0 Å². The molecule has 2 aliphatic heterocycles. The average Bonchev–Trinajstić information content (AvgIpc) is 3.26. The van der Waals surface area contributed by atoms with E-state index in [1.165, 1.54) is 12.0 Å². The van der Waals surface area contributed by atoms with Crippen LogP contribution in [0.5, 0.6) is 0 Å². The van der Waals surface area contributed by atoms with Gasteiger partial charge in [-0.05, 0) is 49.7 Å². The van der Waals surface area contributed by atoms with Crippen LogP contribution in [0.15, 0.2) is 47.3 Å². The van der Waals surface area contributed by atoms with E-state index >= 15 is 0 Å². The summed E-state index contributed by atoms with van der Waals surface area (Å²) in [4.78, 5) is 9.07. The molecule has 2 aromatic heterocycles. The molecule has 25 heavy (non-hydrogen) atoms. The number of likely N-dealkylation sites (N-methyl/N-ethyl adjacent to an activating group) is 1. The van der Waals surface area contributed by atoms with Gasteiger partial charge in [0.25, 0.3) is 0 Å². The number of nitrogens with zero attached hydrogens (tertiary/aromatic N) is 3. The normalized spacial score (nSPS) is 26.9. The van der Waals surface area contributed by atoms with Gasteiger partial charge in [0.1, 0.15) is 5.76 Å². The van der Waals surface area contributed by atoms with Gasteiger partial charge in [-0.2, -0.15) is 0 Å². The van der Waals surface area contributed by atoms with Crippen LogP contribution in [0.2, 0.25) is 0 Å². The zero-order valence-electron chi connectivity index (χ0n) is 14.9. The largest absolute Gasteiger partial charge is 0.468 e. The van der Waals surface area contributed by atoms with Crippen LogP contribution >= 0.6 is 0 Å². The first-order chi connectivity index (χ1) is 12.3. The molecule has 0 unspecified atom stereocenters. The Labute approximate surface area is 149 Å². The van der Waals surface area contributed by atoms with Gasteiger partial charge in [-0.1, -0.05) is 6.07 Å². The molecule has 3 atom stereocenters. The SMILES string of the molecule is CN(Cc1cccnc1)C[C@@H]1OC[C@H]2CN(Cc3ccco3)CC[C@H]21. The van der Waals surface area contributed by atoms with Crippen molar-refractivity contribution < 1.29 is 9.15 Å². The molecule has 0 aromatic carbocycles. The summed E-state index contributed by atoms with van der Waals surface area (Å²) in [7, 11) is 2.18. The number of rotatable bonds is 6. The molecule has 2 aromatic rings. The number of hydrogen-bond donors (Lipinski definition) is 0. The van der Waals surface area contributed by atoms with Crippen molar-refractivity contribution in [3.8, 4) is 0 Å². The Morgan fingerprint density at radius 3 is 3.08 bits per heavy atom. The van der Waals surface area contributed by atoms with Crippen molar-refractivity contribution in [1.82, 2.24) is 14.8 Å². The molecular weight excluding hydrogens is 314 g/mol. The number of pyridine rings is 1. The summed E-state index contributed by atoms with van der Waals surface area (Å²) in [6.45, 7) is 5.98. The Kier molecular flexibility index (Phi) is 5.15. The van der Waals surface area contributed by atoms with E-state index in [-0.39, 0.29) is 0 Å². The highest BCUT2D eigenvalue weighted by atomic mass is 16.5. The highest BCUT2D eigenvalue weighted by Gasteiger charge is 2.41. The molecule has 5 heteroatoms. The van der Waals surface area contributed by atoms with Crippen LogP contribution in [-0.2, 0) is 17.8 Å². The van der Waals surface area contributed by atoms with Crippen LogP contribution in [0.4, 0.5) is 0 Å². The second-order valence-corrected chi connectivity index (χ2v) is 7.46. The number of ether oxygens (including phenoxy) is 1. The maximum absolute atomic E-state index is 6.18. The van der Waals surface area contributed by atoms with E-state index in [0.717, 1.165) is 45.1 Å². The summed E-state index contributed by atoms with van der Waals surface area (Å²) in [5, 5.41) is 0. The van der Waals surface area contributed by atoms with Gasteiger partial charge in [0.2, 0.25) is 0 Å². The fourth-order valence-corrected chi connectivity index (χ4v) is 4.29. The van der Waals surface area contributed by atoms with Crippen LogP contribution < -0.4 is 0 Å². The number of furan rings is 1. The molecule has 4 rings (SSSR count). The first-order valence-corrected chi connectivity index (χ1v) is 9.22. The third-order valence-corrected chi connectivity index (χ3v) is 5.51. The Bertz CT molecular complexity index is 646. The minimum absolute atomic E-state index is 0.359. The summed E-state index contributed by atoms with van der Waals surface area (Å²) in [5.74, 6) is 2.40. The van der Waals surface area contributed by atoms with Gasteiger partial charge in [0.05, 0.1) is 25.5 Å². The molecule has 2 fully saturated rings. The first kappa shape index (κ1) is 16.8. The lowest BCUT2D eigenvalue weighted by atomic mass is 9.84. The predicted octanol–water partition coefficient (Wildman–Crippen LogP) is 2.64. The van der Waals surface area contributed by atoms with E-state index in [1.807, 2.05) is 24.5 Å². The van der Waals surface area contributed by atoms with Crippen molar-refractivity contribution in [2.75, 3.05) is 33.3 Å². The molecule has 5 nitrogen and oxygen atoms in total. The van der Waals surface area contributed by atoms with Gasteiger partial charge < -0.3 is 9.15 Å². The minimum Gasteiger partial charge on any atom is -0.468 e. The van der Waals surface area contributed by atoms with Gasteiger partial charge in [-0.25, -0.2) is 0 Å². The van der Waals surface area contributed by atoms with Crippen LogP contribution in [0.3, 0.4) is 0 Å². The Morgan fingerprint density at radius 2 is 2.28 bits per heavy atom. The minimum atomic E-state index is 0.359. The third kappa shape index (κ3) is 4.11. The van der Waals surface area contributed by atoms with E-state index < -0.39 is 0 Å². The van der Waals surface area contributed by atoms with Crippen LogP contribution in [0.1, 0.15) is 17.7 Å². The monoisotopic (exact) mass is 341 g/mol. The zero-order chi connectivity index (χ0) is 17.1. The van der Waals surface area contributed by atoms with E-state index in [9.17, 15) is 0 Å². The second-order valence-electron chi connectivity index (χ2n) is 7.46. The second kappa shape index (κ2) is 7.68.